The number of rotatable bonds is 16. The molecule has 0 aliphatic rings. The van der Waals surface area contributed by atoms with Crippen LogP contribution in [0.5, 0.6) is 5.75 Å². The van der Waals surface area contributed by atoms with E-state index in [4.69, 9.17) is 19.9 Å². The first-order valence-corrected chi connectivity index (χ1v) is 15.8. The number of carbonyl (C=O) groups is 3. The Morgan fingerprint density at radius 3 is 2.16 bits per heavy atom. The molecule has 1 heterocycles. The molecule has 4 aromatic rings. The van der Waals surface area contributed by atoms with Gasteiger partial charge >= 0.3 is 12.1 Å². The van der Waals surface area contributed by atoms with Crippen LogP contribution in [0.25, 0.3) is 22.5 Å². The van der Waals surface area contributed by atoms with Crippen LogP contribution in [0.1, 0.15) is 64.3 Å². The molecule has 2 atom stereocenters. The second-order valence-electron chi connectivity index (χ2n) is 11.6. The Morgan fingerprint density at radius 2 is 1.55 bits per heavy atom. The number of carbonyl (C=O) groups excluding carboxylic acids is 2. The second-order valence-corrected chi connectivity index (χ2v) is 11.6. The molecule has 15 heteroatoms. The summed E-state index contributed by atoms with van der Waals surface area (Å²) < 4.78 is 10.5. The fourth-order valence-electron chi connectivity index (χ4n) is 5.09. The summed E-state index contributed by atoms with van der Waals surface area (Å²) in [6, 6.07) is 20.2. The van der Waals surface area contributed by atoms with Crippen LogP contribution in [-0.4, -0.2) is 70.1 Å². The fraction of sp³-hybridized carbons (Fsp3) is 0.353. The lowest BCUT2D eigenvalue weighted by atomic mass is 9.97. The molecule has 0 aliphatic heterocycles. The minimum Gasteiger partial charge on any atom is -0.480 e. The van der Waals surface area contributed by atoms with E-state index >= 15 is 0 Å². The molecule has 0 fully saturated rings. The summed E-state index contributed by atoms with van der Waals surface area (Å²) in [5.41, 5.74) is 3.71. The Labute approximate surface area is 283 Å². The van der Waals surface area contributed by atoms with Crippen molar-refractivity contribution >= 4 is 18.0 Å². The van der Waals surface area contributed by atoms with E-state index in [9.17, 15) is 19.5 Å². The minimum atomic E-state index is -1.03. The number of carboxylic acid groups (broad SMARTS) is 1. The number of hydrogen-bond acceptors (Lipinski definition) is 12. The van der Waals surface area contributed by atoms with Gasteiger partial charge in [0.15, 0.2) is 0 Å². The predicted molar refractivity (Wildman–Crippen MR) is 173 cm³/mol. The van der Waals surface area contributed by atoms with Gasteiger partial charge in [-0.3, -0.25) is 15.2 Å². The van der Waals surface area contributed by atoms with E-state index in [2.05, 4.69) is 20.2 Å². The molecule has 0 radical (unpaired) electrons. The Bertz CT molecular complexity index is 1690. The average molecular weight is 677 g/mol. The molecule has 1 unspecified atom stereocenters. The highest BCUT2D eigenvalue weighted by Gasteiger charge is 2.32. The molecule has 4 rings (SSSR count). The van der Waals surface area contributed by atoms with E-state index in [0.29, 0.717) is 29.8 Å². The third kappa shape index (κ3) is 10.1. The van der Waals surface area contributed by atoms with Crippen molar-refractivity contribution in [3.63, 3.8) is 0 Å². The van der Waals surface area contributed by atoms with Gasteiger partial charge in [0.25, 0.3) is 0 Å². The van der Waals surface area contributed by atoms with E-state index in [1.165, 1.54) is 17.0 Å². The first-order valence-electron chi connectivity index (χ1n) is 15.8. The van der Waals surface area contributed by atoms with Gasteiger partial charge < -0.3 is 19.5 Å². The highest BCUT2D eigenvalue weighted by atomic mass is 17.1. The predicted octanol–water partition coefficient (Wildman–Crippen LogP) is 5.88. The molecule has 3 N–H and O–H groups in total. The zero-order chi connectivity index (χ0) is 35.5. The normalized spacial score (nSPS) is 12.5. The number of hydrogen-bond donors (Lipinski definition) is 3. The maximum atomic E-state index is 13.1. The molecule has 1 aromatic heterocycles. The molecular weight excluding hydrogens is 636 g/mol. The molecule has 0 bridgehead atoms. The molecule has 3 aromatic carbocycles. The first-order chi connectivity index (χ1) is 23.5. The quantitative estimate of drug-likeness (QED) is 0.0725. The Balaban J connectivity index is 1.45. The highest BCUT2D eigenvalue weighted by Crippen LogP contribution is 2.31. The lowest BCUT2D eigenvalue weighted by Crippen LogP contribution is -2.47. The largest absolute Gasteiger partial charge is 0.515 e. The van der Waals surface area contributed by atoms with Gasteiger partial charge in [0, 0.05) is 18.5 Å². The van der Waals surface area contributed by atoms with Crippen molar-refractivity contribution in [3.05, 3.63) is 83.9 Å². The Morgan fingerprint density at radius 1 is 0.898 bits per heavy atom. The summed E-state index contributed by atoms with van der Waals surface area (Å²) in [5.74, 6) is -0.990. The Hall–Kier alpha value is -5.22. The third-order valence-corrected chi connectivity index (χ3v) is 7.56. The van der Waals surface area contributed by atoms with Crippen molar-refractivity contribution in [1.29, 1.82) is 0 Å². The van der Waals surface area contributed by atoms with Crippen molar-refractivity contribution in [2.24, 2.45) is 5.92 Å². The number of amides is 1. The van der Waals surface area contributed by atoms with E-state index in [-0.39, 0.29) is 30.7 Å². The summed E-state index contributed by atoms with van der Waals surface area (Å²) in [6.45, 7) is 7.20. The Kier molecular flexibility index (Phi) is 12.9. The number of unbranched alkanes of at least 4 members (excludes halogenated alkanes) is 1. The SMILES string of the molecule is CCCCC(=O)N(Cc1ccc(-c2ccccc2-c2nnn(C(C)OC(=O)Oc3ccc(CON(O)O)cc3)n2)cc1)[C@H](C(=O)O)C(C)C. The number of nitrogens with zero attached hydrogens (tertiary/aromatic N) is 6. The van der Waals surface area contributed by atoms with E-state index in [1.54, 1.807) is 32.9 Å². The van der Waals surface area contributed by atoms with E-state index in [0.717, 1.165) is 27.9 Å². The second kappa shape index (κ2) is 17.3. The molecule has 0 saturated carbocycles. The van der Waals surface area contributed by atoms with Gasteiger partial charge in [-0.2, -0.15) is 0 Å². The number of aliphatic carboxylic acids is 1. The van der Waals surface area contributed by atoms with E-state index < -0.39 is 29.8 Å². The number of benzene rings is 3. The van der Waals surface area contributed by atoms with Gasteiger partial charge in [-0.1, -0.05) is 87.9 Å². The summed E-state index contributed by atoms with van der Waals surface area (Å²) >= 11 is 0. The van der Waals surface area contributed by atoms with Crippen LogP contribution in [0.4, 0.5) is 4.79 Å². The van der Waals surface area contributed by atoms with Gasteiger partial charge in [-0.05, 0) is 58.9 Å². The standard InChI is InChI=1S/C34H40N6O9/c1-5-6-11-30(41)38(31(22(2)3)33(42)43)20-24-12-16-26(17-13-24)28-9-7-8-10-29(28)32-35-37-39(36-32)23(4)48-34(44)49-27-18-14-25(15-19-27)21-47-40(45)46/h7-10,12-19,22-23,31,45-46H,5-6,11,20-21H2,1-4H3,(H,42,43)/t23?,31-/m0/s1. The smallest absolute Gasteiger partial charge is 0.480 e. The zero-order valence-corrected chi connectivity index (χ0v) is 27.7. The molecule has 49 heavy (non-hydrogen) atoms. The van der Waals surface area contributed by atoms with Crippen molar-refractivity contribution in [2.45, 2.75) is 72.4 Å². The van der Waals surface area contributed by atoms with Crippen molar-refractivity contribution in [3.8, 4) is 28.3 Å². The minimum absolute atomic E-state index is 0.114. The fourth-order valence-corrected chi connectivity index (χ4v) is 5.09. The van der Waals surface area contributed by atoms with Crippen molar-refractivity contribution < 1.29 is 44.2 Å². The van der Waals surface area contributed by atoms with Gasteiger partial charge in [0.2, 0.25) is 18.0 Å². The molecule has 0 aliphatic carbocycles. The topological polar surface area (TPSA) is 190 Å². The number of aromatic nitrogens is 4. The van der Waals surface area contributed by atoms with Crippen molar-refractivity contribution in [1.82, 2.24) is 30.5 Å². The van der Waals surface area contributed by atoms with E-state index in [1.807, 2.05) is 55.5 Å². The van der Waals surface area contributed by atoms with Crippen LogP contribution in [-0.2, 0) is 32.3 Å². The monoisotopic (exact) mass is 676 g/mol. The number of ether oxygens (including phenoxy) is 2. The summed E-state index contributed by atoms with van der Waals surface area (Å²) in [6.07, 6.45) is -0.147. The molecular formula is C34H40N6O9. The summed E-state index contributed by atoms with van der Waals surface area (Å²) in [7, 11) is 0. The summed E-state index contributed by atoms with van der Waals surface area (Å²) in [4.78, 5) is 44.7. The number of tetrazole rings is 1. The molecule has 0 saturated heterocycles. The van der Waals surface area contributed by atoms with Crippen LogP contribution in [0.3, 0.4) is 0 Å². The molecule has 1 amide bonds. The van der Waals surface area contributed by atoms with Crippen molar-refractivity contribution in [2.75, 3.05) is 0 Å². The molecule has 260 valence electrons. The van der Waals surface area contributed by atoms with Gasteiger partial charge in [-0.15, -0.1) is 15.0 Å². The summed E-state index contributed by atoms with van der Waals surface area (Å²) in [5, 5.41) is 39.5. The highest BCUT2D eigenvalue weighted by molar-refractivity contribution is 5.84. The maximum Gasteiger partial charge on any atom is 0.515 e. The van der Waals surface area contributed by atoms with Gasteiger partial charge in [0.05, 0.1) is 12.0 Å². The number of carboxylic acids is 1. The van der Waals surface area contributed by atoms with Crippen LogP contribution < -0.4 is 4.74 Å². The lowest BCUT2D eigenvalue weighted by Gasteiger charge is -2.32. The maximum absolute atomic E-state index is 13.1. The van der Waals surface area contributed by atoms with Crippen LogP contribution in [0.2, 0.25) is 0 Å². The third-order valence-electron chi connectivity index (χ3n) is 7.56. The van der Waals surface area contributed by atoms with Gasteiger partial charge in [-0.25, -0.2) is 14.4 Å². The zero-order valence-electron chi connectivity index (χ0n) is 27.7. The van der Waals surface area contributed by atoms with Crippen LogP contribution in [0.15, 0.2) is 72.8 Å². The molecule has 0 spiro atoms. The van der Waals surface area contributed by atoms with Crippen LogP contribution in [0, 0.1) is 5.92 Å². The lowest BCUT2D eigenvalue weighted by molar-refractivity contribution is -0.497. The average Bonchev–Trinajstić information content (AvgIpc) is 3.57. The van der Waals surface area contributed by atoms with Gasteiger partial charge in [0.1, 0.15) is 11.8 Å². The van der Waals surface area contributed by atoms with Crippen LogP contribution >= 0.6 is 0 Å². The molecule has 15 nitrogen and oxygen atoms in total. The first kappa shape index (κ1) is 36.6.